The first-order chi connectivity index (χ1) is 15.1. The number of hydrogen-bond donors (Lipinski definition) is 1. The van der Waals surface area contributed by atoms with Crippen molar-refractivity contribution in [2.75, 3.05) is 19.0 Å². The van der Waals surface area contributed by atoms with Gasteiger partial charge in [-0.1, -0.05) is 54.6 Å². The number of carbonyl (C=O) groups excluding carboxylic acids is 2. The summed E-state index contributed by atoms with van der Waals surface area (Å²) in [6, 6.07) is 23.2. The summed E-state index contributed by atoms with van der Waals surface area (Å²) >= 11 is 0. The highest BCUT2D eigenvalue weighted by Crippen LogP contribution is 2.27. The van der Waals surface area contributed by atoms with E-state index in [4.69, 9.17) is 14.2 Å². The van der Waals surface area contributed by atoms with Crippen molar-refractivity contribution in [1.82, 2.24) is 0 Å². The number of amides is 1. The minimum Gasteiger partial charge on any atom is -0.497 e. The van der Waals surface area contributed by atoms with Crippen molar-refractivity contribution in [2.24, 2.45) is 0 Å². The molecule has 6 heteroatoms. The van der Waals surface area contributed by atoms with Gasteiger partial charge in [0, 0.05) is 5.56 Å². The lowest BCUT2D eigenvalue weighted by molar-refractivity contribution is -0.154. The molecule has 1 atom stereocenters. The molecule has 0 aromatic heterocycles. The Morgan fingerprint density at radius 2 is 1.58 bits per heavy atom. The van der Waals surface area contributed by atoms with Crippen LogP contribution in [0.3, 0.4) is 0 Å². The van der Waals surface area contributed by atoms with E-state index in [0.29, 0.717) is 29.4 Å². The normalized spacial score (nSPS) is 11.3. The summed E-state index contributed by atoms with van der Waals surface area (Å²) in [6.07, 6.45) is -1.06. The Bertz CT molecular complexity index is 1000. The SMILES string of the molecule is CCOc1ccccc1NC(=O)[C@H](OC(=O)Cc1ccc(OC)cc1)c1ccccc1. The van der Waals surface area contributed by atoms with Crippen LogP contribution in [0.15, 0.2) is 78.9 Å². The maximum atomic E-state index is 13.1. The first kappa shape index (κ1) is 21.9. The van der Waals surface area contributed by atoms with Crippen LogP contribution in [0.1, 0.15) is 24.2 Å². The number of ether oxygens (including phenoxy) is 3. The van der Waals surface area contributed by atoms with Crippen molar-refractivity contribution < 1.29 is 23.8 Å². The lowest BCUT2D eigenvalue weighted by Crippen LogP contribution is -2.26. The molecular formula is C25H25NO5. The van der Waals surface area contributed by atoms with Crippen molar-refractivity contribution in [3.63, 3.8) is 0 Å². The van der Waals surface area contributed by atoms with Gasteiger partial charge in [-0.25, -0.2) is 0 Å². The lowest BCUT2D eigenvalue weighted by Gasteiger charge is -2.19. The standard InChI is InChI=1S/C25H25NO5/c1-3-30-22-12-8-7-11-21(22)26-25(28)24(19-9-5-4-6-10-19)31-23(27)17-18-13-15-20(29-2)16-14-18/h4-16,24H,3,17H2,1-2H3,(H,26,28)/t24-/m1/s1. The van der Waals surface area contributed by atoms with Gasteiger partial charge in [0.05, 0.1) is 25.8 Å². The van der Waals surface area contributed by atoms with Gasteiger partial charge in [-0.2, -0.15) is 0 Å². The molecule has 3 aromatic carbocycles. The maximum absolute atomic E-state index is 13.1. The molecule has 0 heterocycles. The Kier molecular flexibility index (Phi) is 7.65. The smallest absolute Gasteiger partial charge is 0.311 e. The zero-order valence-electron chi connectivity index (χ0n) is 17.5. The number of carbonyl (C=O) groups is 2. The van der Waals surface area contributed by atoms with E-state index in [1.165, 1.54) is 0 Å². The number of esters is 1. The molecule has 1 N–H and O–H groups in total. The Morgan fingerprint density at radius 3 is 2.26 bits per heavy atom. The molecule has 0 aliphatic heterocycles. The molecule has 0 aliphatic rings. The average molecular weight is 419 g/mol. The van der Waals surface area contributed by atoms with Crippen LogP contribution in [-0.2, 0) is 20.7 Å². The number of benzene rings is 3. The van der Waals surface area contributed by atoms with E-state index >= 15 is 0 Å². The van der Waals surface area contributed by atoms with Gasteiger partial charge < -0.3 is 19.5 Å². The van der Waals surface area contributed by atoms with E-state index in [9.17, 15) is 9.59 Å². The molecule has 0 saturated carbocycles. The summed E-state index contributed by atoms with van der Waals surface area (Å²) in [5, 5.41) is 2.82. The Morgan fingerprint density at radius 1 is 0.903 bits per heavy atom. The molecule has 0 fully saturated rings. The number of para-hydroxylation sites is 2. The van der Waals surface area contributed by atoms with Crippen molar-refractivity contribution in [3.8, 4) is 11.5 Å². The van der Waals surface area contributed by atoms with E-state index in [-0.39, 0.29) is 6.42 Å². The highest BCUT2D eigenvalue weighted by atomic mass is 16.5. The molecule has 0 aliphatic carbocycles. The average Bonchev–Trinajstić information content (AvgIpc) is 2.80. The second-order valence-corrected chi connectivity index (χ2v) is 6.72. The van der Waals surface area contributed by atoms with Gasteiger partial charge >= 0.3 is 5.97 Å². The maximum Gasteiger partial charge on any atom is 0.311 e. The second kappa shape index (κ2) is 10.8. The van der Waals surface area contributed by atoms with Crippen LogP contribution in [0, 0.1) is 0 Å². The van der Waals surface area contributed by atoms with E-state index in [1.807, 2.05) is 19.1 Å². The van der Waals surface area contributed by atoms with Gasteiger partial charge in [-0.05, 0) is 36.8 Å². The number of nitrogens with one attached hydrogen (secondary N) is 1. The molecular weight excluding hydrogens is 394 g/mol. The Hall–Kier alpha value is -3.80. The number of methoxy groups -OCH3 is 1. The van der Waals surface area contributed by atoms with E-state index < -0.39 is 18.0 Å². The topological polar surface area (TPSA) is 73.9 Å². The van der Waals surface area contributed by atoms with Crippen molar-refractivity contribution in [3.05, 3.63) is 90.0 Å². The second-order valence-electron chi connectivity index (χ2n) is 6.72. The van der Waals surface area contributed by atoms with Crippen LogP contribution >= 0.6 is 0 Å². The number of rotatable bonds is 9. The highest BCUT2D eigenvalue weighted by molar-refractivity contribution is 5.97. The molecule has 6 nitrogen and oxygen atoms in total. The Labute approximate surface area is 181 Å². The summed E-state index contributed by atoms with van der Waals surface area (Å²) in [5.74, 6) is 0.287. The summed E-state index contributed by atoms with van der Waals surface area (Å²) < 4.78 is 16.3. The number of hydrogen-bond acceptors (Lipinski definition) is 5. The van der Waals surface area contributed by atoms with Gasteiger partial charge in [0.25, 0.3) is 5.91 Å². The number of anilines is 1. The third-order valence-corrected chi connectivity index (χ3v) is 4.54. The van der Waals surface area contributed by atoms with Crippen molar-refractivity contribution >= 4 is 17.6 Å². The predicted octanol–water partition coefficient (Wildman–Crippen LogP) is 4.56. The van der Waals surface area contributed by atoms with E-state index in [1.54, 1.807) is 73.8 Å². The van der Waals surface area contributed by atoms with E-state index in [0.717, 1.165) is 5.56 Å². The first-order valence-corrected chi connectivity index (χ1v) is 10.0. The molecule has 1 amide bonds. The summed E-state index contributed by atoms with van der Waals surface area (Å²) in [5.41, 5.74) is 1.86. The molecule has 0 saturated heterocycles. The quantitative estimate of drug-likeness (QED) is 0.515. The van der Waals surface area contributed by atoms with Crippen LogP contribution in [0.25, 0.3) is 0 Å². The fourth-order valence-corrected chi connectivity index (χ4v) is 3.03. The third kappa shape index (κ3) is 6.09. The summed E-state index contributed by atoms with van der Waals surface area (Å²) in [4.78, 5) is 25.7. The first-order valence-electron chi connectivity index (χ1n) is 10.0. The molecule has 3 aromatic rings. The van der Waals surface area contributed by atoms with E-state index in [2.05, 4.69) is 5.32 Å². The Balaban J connectivity index is 1.76. The predicted molar refractivity (Wildman–Crippen MR) is 118 cm³/mol. The van der Waals surface area contributed by atoms with Gasteiger partial charge in [-0.15, -0.1) is 0 Å². The molecule has 0 unspecified atom stereocenters. The highest BCUT2D eigenvalue weighted by Gasteiger charge is 2.26. The summed E-state index contributed by atoms with van der Waals surface area (Å²) in [6.45, 7) is 2.33. The molecule has 3 rings (SSSR count). The van der Waals surface area contributed by atoms with Crippen LogP contribution in [0.4, 0.5) is 5.69 Å². The van der Waals surface area contributed by atoms with Crippen molar-refractivity contribution in [2.45, 2.75) is 19.4 Å². The molecule has 31 heavy (non-hydrogen) atoms. The monoisotopic (exact) mass is 419 g/mol. The molecule has 0 radical (unpaired) electrons. The largest absolute Gasteiger partial charge is 0.497 e. The fraction of sp³-hybridized carbons (Fsp3) is 0.200. The fourth-order valence-electron chi connectivity index (χ4n) is 3.03. The zero-order chi connectivity index (χ0) is 22.1. The van der Waals surface area contributed by atoms with Crippen LogP contribution < -0.4 is 14.8 Å². The van der Waals surface area contributed by atoms with Crippen LogP contribution in [0.2, 0.25) is 0 Å². The molecule has 0 bridgehead atoms. The van der Waals surface area contributed by atoms with Gasteiger partial charge in [0.1, 0.15) is 11.5 Å². The van der Waals surface area contributed by atoms with Crippen LogP contribution in [-0.4, -0.2) is 25.6 Å². The zero-order valence-corrected chi connectivity index (χ0v) is 17.5. The lowest BCUT2D eigenvalue weighted by atomic mass is 10.1. The van der Waals surface area contributed by atoms with Gasteiger partial charge in [0.15, 0.2) is 0 Å². The van der Waals surface area contributed by atoms with Gasteiger partial charge in [-0.3, -0.25) is 9.59 Å². The van der Waals surface area contributed by atoms with Crippen molar-refractivity contribution in [1.29, 1.82) is 0 Å². The molecule has 0 spiro atoms. The third-order valence-electron chi connectivity index (χ3n) is 4.54. The molecule has 160 valence electrons. The van der Waals surface area contributed by atoms with Crippen LogP contribution in [0.5, 0.6) is 11.5 Å². The summed E-state index contributed by atoms with van der Waals surface area (Å²) in [7, 11) is 1.58. The minimum atomic E-state index is -1.10. The minimum absolute atomic E-state index is 0.0378. The van der Waals surface area contributed by atoms with Gasteiger partial charge in [0.2, 0.25) is 6.10 Å².